The number of hydrogen-bond donors (Lipinski definition) is 1. The molecule has 1 aromatic carbocycles. The van der Waals surface area contributed by atoms with Gasteiger partial charge in [-0.2, -0.15) is 0 Å². The van der Waals surface area contributed by atoms with Gasteiger partial charge in [0.2, 0.25) is 5.91 Å². The zero-order valence-electron chi connectivity index (χ0n) is 18.5. The van der Waals surface area contributed by atoms with E-state index in [9.17, 15) is 18.8 Å². The second-order valence-electron chi connectivity index (χ2n) is 8.11. The number of carbonyl (C=O) groups is 3. The predicted molar refractivity (Wildman–Crippen MR) is 114 cm³/mol. The molecule has 6 nitrogen and oxygen atoms in total. The van der Waals surface area contributed by atoms with Gasteiger partial charge in [-0.05, 0) is 63.8 Å². The standard InChI is InChI=1S/C24H29FN2O4/c1-5-31-24(30)21-14(2)20(15(3)26-21)22(28)16(4)27(23(29)18-7-6-8-18)13-17-9-11-19(25)12-10-17/h9-12,16,18,26H,5-8,13H2,1-4H3. The van der Waals surface area contributed by atoms with Crippen LogP contribution in [0, 0.1) is 25.6 Å². The Morgan fingerprint density at radius 3 is 2.39 bits per heavy atom. The van der Waals surface area contributed by atoms with Gasteiger partial charge in [0.25, 0.3) is 0 Å². The van der Waals surface area contributed by atoms with Crippen LogP contribution in [0.2, 0.25) is 0 Å². The molecule has 31 heavy (non-hydrogen) atoms. The fourth-order valence-electron chi connectivity index (χ4n) is 3.96. The Morgan fingerprint density at radius 1 is 1.19 bits per heavy atom. The van der Waals surface area contributed by atoms with Gasteiger partial charge in [-0.1, -0.05) is 18.6 Å². The van der Waals surface area contributed by atoms with Crippen LogP contribution in [0.3, 0.4) is 0 Å². The molecule has 166 valence electrons. The number of benzene rings is 1. The quantitative estimate of drug-likeness (QED) is 0.501. The summed E-state index contributed by atoms with van der Waals surface area (Å²) >= 11 is 0. The van der Waals surface area contributed by atoms with E-state index in [-0.39, 0.29) is 42.3 Å². The van der Waals surface area contributed by atoms with Crippen LogP contribution in [0.1, 0.15) is 70.8 Å². The number of amides is 1. The van der Waals surface area contributed by atoms with Gasteiger partial charge in [0, 0.05) is 23.7 Å². The Kier molecular flexibility index (Phi) is 6.93. The van der Waals surface area contributed by atoms with Crippen molar-refractivity contribution in [1.82, 2.24) is 9.88 Å². The molecule has 1 unspecified atom stereocenters. The molecule has 1 saturated carbocycles. The van der Waals surface area contributed by atoms with Crippen LogP contribution in [0.4, 0.5) is 4.39 Å². The zero-order chi connectivity index (χ0) is 22.7. The highest BCUT2D eigenvalue weighted by Gasteiger charge is 2.36. The molecule has 1 N–H and O–H groups in total. The number of halogens is 1. The Balaban J connectivity index is 1.90. The fraction of sp³-hybridized carbons (Fsp3) is 0.458. The first-order chi connectivity index (χ1) is 14.7. The highest BCUT2D eigenvalue weighted by atomic mass is 19.1. The number of aryl methyl sites for hydroxylation is 1. The van der Waals surface area contributed by atoms with Crippen molar-refractivity contribution in [1.29, 1.82) is 0 Å². The summed E-state index contributed by atoms with van der Waals surface area (Å²) in [7, 11) is 0. The van der Waals surface area contributed by atoms with Gasteiger partial charge >= 0.3 is 5.97 Å². The topological polar surface area (TPSA) is 79.5 Å². The summed E-state index contributed by atoms with van der Waals surface area (Å²) in [6.45, 7) is 7.31. The first kappa shape index (κ1) is 22.7. The number of aromatic nitrogens is 1. The van der Waals surface area contributed by atoms with Gasteiger partial charge in [-0.3, -0.25) is 9.59 Å². The van der Waals surface area contributed by atoms with Crippen LogP contribution < -0.4 is 0 Å². The number of ketones is 1. The molecule has 1 amide bonds. The average Bonchev–Trinajstić information content (AvgIpc) is 2.99. The minimum atomic E-state index is -0.735. The lowest BCUT2D eigenvalue weighted by atomic mass is 9.83. The largest absolute Gasteiger partial charge is 0.461 e. The van der Waals surface area contributed by atoms with E-state index in [4.69, 9.17) is 4.74 Å². The summed E-state index contributed by atoms with van der Waals surface area (Å²) in [6.07, 6.45) is 2.63. The van der Waals surface area contributed by atoms with Crippen LogP contribution in [0.25, 0.3) is 0 Å². The predicted octanol–water partition coefficient (Wildman–Crippen LogP) is 4.35. The molecule has 1 aliphatic carbocycles. The van der Waals surface area contributed by atoms with Crippen molar-refractivity contribution in [3.05, 3.63) is 58.2 Å². The van der Waals surface area contributed by atoms with E-state index in [1.54, 1.807) is 44.7 Å². The first-order valence-electron chi connectivity index (χ1n) is 10.7. The number of nitrogens with zero attached hydrogens (tertiary/aromatic N) is 1. The Labute approximate surface area is 181 Å². The van der Waals surface area contributed by atoms with Crippen LogP contribution in [0.5, 0.6) is 0 Å². The lowest BCUT2D eigenvalue weighted by Gasteiger charge is -2.35. The number of rotatable bonds is 8. The molecule has 1 heterocycles. The molecule has 3 rings (SSSR count). The van der Waals surface area contributed by atoms with Crippen LogP contribution in [-0.2, 0) is 16.1 Å². The van der Waals surface area contributed by atoms with Crippen LogP contribution in [-0.4, -0.2) is 40.2 Å². The van der Waals surface area contributed by atoms with Gasteiger partial charge in [-0.15, -0.1) is 0 Å². The SMILES string of the molecule is CCOC(=O)c1[nH]c(C)c(C(=O)C(C)N(Cc2ccc(F)cc2)C(=O)C2CCC2)c1C. The fourth-order valence-corrected chi connectivity index (χ4v) is 3.96. The second-order valence-corrected chi connectivity index (χ2v) is 8.11. The van der Waals surface area contributed by atoms with Crippen molar-refractivity contribution in [3.63, 3.8) is 0 Å². The molecule has 1 aliphatic rings. The minimum Gasteiger partial charge on any atom is -0.461 e. The summed E-state index contributed by atoms with van der Waals surface area (Å²) in [5.74, 6) is -1.25. The van der Waals surface area contributed by atoms with Crippen molar-refractivity contribution >= 4 is 17.7 Å². The van der Waals surface area contributed by atoms with Gasteiger partial charge in [0.1, 0.15) is 11.5 Å². The molecule has 0 saturated heterocycles. The number of aromatic amines is 1. The van der Waals surface area contributed by atoms with Crippen LogP contribution >= 0.6 is 0 Å². The number of carbonyl (C=O) groups excluding carboxylic acids is 3. The number of nitrogens with one attached hydrogen (secondary N) is 1. The van der Waals surface area contributed by atoms with Crippen molar-refractivity contribution in [2.75, 3.05) is 6.61 Å². The molecule has 1 atom stereocenters. The van der Waals surface area contributed by atoms with Crippen molar-refractivity contribution in [2.24, 2.45) is 5.92 Å². The molecule has 7 heteroatoms. The highest BCUT2D eigenvalue weighted by molar-refractivity contribution is 6.06. The number of H-pyrrole nitrogens is 1. The Bertz CT molecular complexity index is 976. The zero-order valence-corrected chi connectivity index (χ0v) is 18.5. The lowest BCUT2D eigenvalue weighted by molar-refractivity contribution is -0.140. The molecule has 0 spiro atoms. The molecule has 0 radical (unpaired) electrons. The summed E-state index contributed by atoms with van der Waals surface area (Å²) in [5, 5.41) is 0. The number of hydrogen-bond acceptors (Lipinski definition) is 4. The van der Waals surface area contributed by atoms with Crippen molar-refractivity contribution in [3.8, 4) is 0 Å². The molecule has 0 aliphatic heterocycles. The van der Waals surface area contributed by atoms with E-state index in [0.717, 1.165) is 24.8 Å². The summed E-state index contributed by atoms with van der Waals surface area (Å²) in [5.41, 5.74) is 2.50. The summed E-state index contributed by atoms with van der Waals surface area (Å²) in [6, 6.07) is 5.21. The average molecular weight is 429 g/mol. The summed E-state index contributed by atoms with van der Waals surface area (Å²) < 4.78 is 18.4. The monoisotopic (exact) mass is 428 g/mol. The maximum absolute atomic E-state index is 13.5. The van der Waals surface area contributed by atoms with E-state index in [0.29, 0.717) is 16.8 Å². The lowest BCUT2D eigenvalue weighted by Crippen LogP contribution is -2.47. The van der Waals surface area contributed by atoms with Crippen LogP contribution in [0.15, 0.2) is 24.3 Å². The molecular weight excluding hydrogens is 399 g/mol. The number of esters is 1. The van der Waals surface area contributed by atoms with E-state index < -0.39 is 12.0 Å². The van der Waals surface area contributed by atoms with E-state index in [1.807, 2.05) is 0 Å². The van der Waals surface area contributed by atoms with Gasteiger partial charge in [-0.25, -0.2) is 9.18 Å². The molecule has 2 aromatic rings. The third-order valence-corrected chi connectivity index (χ3v) is 6.01. The minimum absolute atomic E-state index is 0.0621. The first-order valence-corrected chi connectivity index (χ1v) is 10.7. The Hall–Kier alpha value is -2.96. The molecule has 0 bridgehead atoms. The number of ether oxygens (including phenoxy) is 1. The van der Waals surface area contributed by atoms with Gasteiger partial charge in [0.05, 0.1) is 12.6 Å². The Morgan fingerprint density at radius 2 is 1.84 bits per heavy atom. The van der Waals surface area contributed by atoms with Crippen molar-refractivity contribution < 1.29 is 23.5 Å². The number of Topliss-reactive ketones (excluding diaryl/α,β-unsaturated/α-hetero) is 1. The van der Waals surface area contributed by atoms with E-state index in [1.165, 1.54) is 12.1 Å². The summed E-state index contributed by atoms with van der Waals surface area (Å²) in [4.78, 5) is 43.4. The van der Waals surface area contributed by atoms with E-state index in [2.05, 4.69) is 4.98 Å². The maximum Gasteiger partial charge on any atom is 0.355 e. The highest BCUT2D eigenvalue weighted by Crippen LogP contribution is 2.31. The second kappa shape index (κ2) is 9.45. The maximum atomic E-state index is 13.5. The van der Waals surface area contributed by atoms with Gasteiger partial charge < -0.3 is 14.6 Å². The smallest absolute Gasteiger partial charge is 0.355 e. The van der Waals surface area contributed by atoms with Crippen molar-refractivity contribution in [2.45, 2.75) is 59.5 Å². The third kappa shape index (κ3) is 4.70. The normalized spacial score (nSPS) is 14.6. The van der Waals surface area contributed by atoms with E-state index >= 15 is 0 Å². The molecular formula is C24H29FN2O4. The molecule has 1 aromatic heterocycles. The molecule has 1 fully saturated rings. The third-order valence-electron chi connectivity index (χ3n) is 6.01. The van der Waals surface area contributed by atoms with Gasteiger partial charge in [0.15, 0.2) is 5.78 Å².